The van der Waals surface area contributed by atoms with Crippen LogP contribution in [0.4, 0.5) is 0 Å². The van der Waals surface area contributed by atoms with Crippen molar-refractivity contribution in [3.63, 3.8) is 0 Å². The summed E-state index contributed by atoms with van der Waals surface area (Å²) in [7, 11) is 0. The molecule has 0 saturated heterocycles. The Labute approximate surface area is 133 Å². The zero-order valence-corrected chi connectivity index (χ0v) is 16.7. The molecule has 0 saturated carbocycles. The molecule has 0 fully saturated rings. The monoisotopic (exact) mass is 383 g/mol. The summed E-state index contributed by atoms with van der Waals surface area (Å²) in [5.74, 6) is 0. The number of rotatable bonds is 10. The molecule has 2 heteroatoms. The van der Waals surface area contributed by atoms with Gasteiger partial charge in [-0.25, -0.2) is 0 Å². The second-order valence-electron chi connectivity index (χ2n) is 5.40. The van der Waals surface area contributed by atoms with Gasteiger partial charge in [0.2, 0.25) is 0 Å². The van der Waals surface area contributed by atoms with E-state index in [-0.39, 0.29) is 0 Å². The molecule has 113 valence electrons. The third-order valence-corrected chi connectivity index (χ3v) is 10.8. The van der Waals surface area contributed by atoms with E-state index in [1.54, 1.807) is 14.7 Å². The average molecular weight is 382 g/mol. The Morgan fingerprint density at radius 2 is 1.70 bits per heavy atom. The summed E-state index contributed by atoms with van der Waals surface area (Å²) >= 11 is -1.87. The van der Waals surface area contributed by atoms with Crippen LogP contribution in [0.1, 0.15) is 64.5 Å². The average Bonchev–Trinajstić information content (AvgIpc) is 2.46. The number of aryl methyl sites for hydroxylation is 1. The molecule has 1 aromatic carbocycles. The molecular formula is C18H31OSn. The Bertz CT molecular complexity index is 376. The normalized spacial score (nSPS) is 11.2. The molecule has 1 rings (SSSR count). The van der Waals surface area contributed by atoms with Gasteiger partial charge in [-0.05, 0) is 0 Å². The van der Waals surface area contributed by atoms with Crippen LogP contribution in [-0.4, -0.2) is 26.8 Å². The maximum atomic E-state index is 6.25. The second kappa shape index (κ2) is 10.7. The van der Waals surface area contributed by atoms with Crippen molar-refractivity contribution in [3.05, 3.63) is 29.3 Å². The fourth-order valence-corrected chi connectivity index (χ4v) is 9.87. The van der Waals surface area contributed by atoms with Crippen molar-refractivity contribution < 1.29 is 3.07 Å². The van der Waals surface area contributed by atoms with Crippen LogP contribution >= 0.6 is 0 Å². The molecule has 0 heterocycles. The minimum absolute atomic E-state index is 0.891. The Balaban J connectivity index is 3.06. The maximum absolute atomic E-state index is 6.25. The quantitative estimate of drug-likeness (QED) is 0.537. The van der Waals surface area contributed by atoms with Gasteiger partial charge in [-0.1, -0.05) is 0 Å². The van der Waals surface area contributed by atoms with Crippen LogP contribution in [0.3, 0.4) is 0 Å². The molecule has 0 aliphatic carbocycles. The molecule has 0 aliphatic rings. The second-order valence-corrected chi connectivity index (χ2v) is 11.6. The summed E-state index contributed by atoms with van der Waals surface area (Å²) in [6.45, 7) is 9.90. The van der Waals surface area contributed by atoms with E-state index < -0.39 is 20.2 Å². The van der Waals surface area contributed by atoms with Crippen molar-refractivity contribution in [1.82, 2.24) is 0 Å². The van der Waals surface area contributed by atoms with E-state index in [9.17, 15) is 0 Å². The Morgan fingerprint density at radius 1 is 0.950 bits per heavy atom. The van der Waals surface area contributed by atoms with Gasteiger partial charge in [0.25, 0.3) is 0 Å². The summed E-state index contributed by atoms with van der Waals surface area (Å²) in [4.78, 5) is 0. The van der Waals surface area contributed by atoms with Gasteiger partial charge in [0.1, 0.15) is 0 Å². The van der Waals surface area contributed by atoms with Crippen molar-refractivity contribution >= 4 is 23.8 Å². The molecular weight excluding hydrogens is 351 g/mol. The molecule has 20 heavy (non-hydrogen) atoms. The van der Waals surface area contributed by atoms with Crippen LogP contribution in [0.5, 0.6) is 0 Å². The van der Waals surface area contributed by atoms with Crippen molar-refractivity contribution in [2.45, 2.75) is 70.7 Å². The van der Waals surface area contributed by atoms with Gasteiger partial charge in [-0.3, -0.25) is 0 Å². The predicted octanol–water partition coefficient (Wildman–Crippen LogP) is 4.63. The van der Waals surface area contributed by atoms with Gasteiger partial charge in [0.15, 0.2) is 0 Å². The van der Waals surface area contributed by atoms with Crippen LogP contribution in [0.15, 0.2) is 18.2 Å². The summed E-state index contributed by atoms with van der Waals surface area (Å²) < 4.78 is 9.24. The van der Waals surface area contributed by atoms with E-state index in [0.717, 1.165) is 6.61 Å². The first kappa shape index (κ1) is 18.0. The van der Waals surface area contributed by atoms with Crippen molar-refractivity contribution in [3.8, 4) is 0 Å². The van der Waals surface area contributed by atoms with E-state index in [4.69, 9.17) is 3.07 Å². The first-order valence-corrected chi connectivity index (χ1v) is 13.0. The fourth-order valence-electron chi connectivity index (χ4n) is 2.74. The first-order valence-electron chi connectivity index (χ1n) is 8.38. The SMILES string of the molecule is CCC[CH2][Sn]([O]CC)[c]1cccc(CCC)c1CCC. The Kier molecular flexibility index (Phi) is 9.62. The van der Waals surface area contributed by atoms with Gasteiger partial charge in [-0.2, -0.15) is 0 Å². The molecule has 1 nitrogen and oxygen atoms in total. The number of benzene rings is 1. The number of hydrogen-bond acceptors (Lipinski definition) is 1. The zero-order chi connectivity index (χ0) is 14.8. The fraction of sp³-hybridized carbons (Fsp3) is 0.667. The summed E-state index contributed by atoms with van der Waals surface area (Å²) in [5.41, 5.74) is 3.23. The predicted molar refractivity (Wildman–Crippen MR) is 91.2 cm³/mol. The van der Waals surface area contributed by atoms with Crippen LogP contribution in [0.2, 0.25) is 4.44 Å². The topological polar surface area (TPSA) is 9.23 Å². The molecule has 0 aromatic heterocycles. The molecule has 0 unspecified atom stereocenters. The van der Waals surface area contributed by atoms with Gasteiger partial charge in [0, 0.05) is 0 Å². The van der Waals surface area contributed by atoms with Crippen LogP contribution < -0.4 is 3.58 Å². The van der Waals surface area contributed by atoms with Crippen LogP contribution in [0.25, 0.3) is 0 Å². The summed E-state index contributed by atoms with van der Waals surface area (Å²) in [6.07, 6.45) is 7.55. The molecule has 0 bridgehead atoms. The minimum atomic E-state index is -1.87. The number of hydrogen-bond donors (Lipinski definition) is 0. The molecule has 1 aromatic rings. The first-order chi connectivity index (χ1) is 9.78. The third kappa shape index (κ3) is 5.40. The van der Waals surface area contributed by atoms with Gasteiger partial charge in [0.05, 0.1) is 0 Å². The number of unbranched alkanes of at least 4 members (excludes halogenated alkanes) is 1. The van der Waals surface area contributed by atoms with Crippen LogP contribution in [-0.2, 0) is 15.9 Å². The van der Waals surface area contributed by atoms with E-state index >= 15 is 0 Å². The summed E-state index contributed by atoms with van der Waals surface area (Å²) in [6, 6.07) is 6.99. The molecule has 0 aliphatic heterocycles. The molecule has 0 N–H and O–H groups in total. The van der Waals surface area contributed by atoms with E-state index in [2.05, 4.69) is 45.9 Å². The standard InChI is InChI=1S/C12H17.C4H9.C2H5O.Sn/c1-3-7-11-9-5-6-10-12(11)8-4-2;1-3-4-2;1-2-3;/h5-6,9H,3-4,7-8H2,1-2H3;1,3-4H2,2H3;2H2,1H3;/q;;-1;+1. The molecule has 0 amide bonds. The van der Waals surface area contributed by atoms with E-state index in [0.29, 0.717) is 0 Å². The summed E-state index contributed by atoms with van der Waals surface area (Å²) in [5, 5.41) is 0. The zero-order valence-electron chi connectivity index (χ0n) is 13.8. The molecule has 1 radical (unpaired) electrons. The molecule has 0 atom stereocenters. The van der Waals surface area contributed by atoms with Crippen molar-refractivity contribution in [2.75, 3.05) is 6.61 Å². The third-order valence-electron chi connectivity index (χ3n) is 3.67. The van der Waals surface area contributed by atoms with Gasteiger partial charge < -0.3 is 0 Å². The van der Waals surface area contributed by atoms with Gasteiger partial charge in [-0.15, -0.1) is 0 Å². The van der Waals surface area contributed by atoms with Crippen LogP contribution in [0, 0.1) is 0 Å². The van der Waals surface area contributed by atoms with Crippen molar-refractivity contribution in [1.29, 1.82) is 0 Å². The van der Waals surface area contributed by atoms with E-state index in [1.807, 2.05) is 0 Å². The molecule has 0 spiro atoms. The Morgan fingerprint density at radius 3 is 2.30 bits per heavy atom. The Hall–Kier alpha value is -0.0213. The van der Waals surface area contributed by atoms with E-state index in [1.165, 1.54) is 43.0 Å². The van der Waals surface area contributed by atoms with Gasteiger partial charge >= 0.3 is 133 Å². The van der Waals surface area contributed by atoms with Crippen molar-refractivity contribution in [2.24, 2.45) is 0 Å².